The van der Waals surface area contributed by atoms with Crippen molar-refractivity contribution in [2.45, 2.75) is 19.5 Å². The van der Waals surface area contributed by atoms with Gasteiger partial charge in [0.15, 0.2) is 0 Å². The van der Waals surface area contributed by atoms with Crippen LogP contribution >= 0.6 is 0 Å². The van der Waals surface area contributed by atoms with Gasteiger partial charge in [0.25, 0.3) is 0 Å². The number of anilines is 1. The molecule has 2 N–H and O–H groups in total. The Balaban J connectivity index is 1.33. The number of pyridine rings is 1. The molecule has 2 aliphatic heterocycles. The van der Waals surface area contributed by atoms with Gasteiger partial charge in [0.1, 0.15) is 11.6 Å². The van der Waals surface area contributed by atoms with Crippen molar-refractivity contribution >= 4 is 17.1 Å². The molecule has 6 heteroatoms. The number of hydrazine groups is 1. The Kier molecular flexibility index (Phi) is 5.97. The summed E-state index contributed by atoms with van der Waals surface area (Å²) < 4.78 is 0. The number of hydrogen-bond acceptors (Lipinski definition) is 6. The Morgan fingerprint density at radius 1 is 1.09 bits per heavy atom. The van der Waals surface area contributed by atoms with Crippen LogP contribution in [0.3, 0.4) is 0 Å². The van der Waals surface area contributed by atoms with Crippen LogP contribution in [0.5, 0.6) is 0 Å². The lowest BCUT2D eigenvalue weighted by molar-refractivity contribution is 0.323. The van der Waals surface area contributed by atoms with Crippen LogP contribution in [0.25, 0.3) is 5.70 Å². The first-order valence-electron chi connectivity index (χ1n) is 11.4. The SMILES string of the molecule is C=C(c1ccc(NC2=CC(c3ccccc3)=NC3=CC(C)NN32)cc1)N(C)Cc1cccnc1. The lowest BCUT2D eigenvalue weighted by atomic mass is 10.1. The van der Waals surface area contributed by atoms with Crippen LogP contribution < -0.4 is 10.7 Å². The highest BCUT2D eigenvalue weighted by molar-refractivity contribution is 6.10. The molecule has 0 bridgehead atoms. The molecule has 0 spiro atoms. The highest BCUT2D eigenvalue weighted by Crippen LogP contribution is 2.27. The van der Waals surface area contributed by atoms with E-state index in [9.17, 15) is 0 Å². The van der Waals surface area contributed by atoms with Crippen molar-refractivity contribution in [3.05, 3.63) is 126 Å². The molecule has 0 amide bonds. The van der Waals surface area contributed by atoms with Crippen molar-refractivity contribution in [3.63, 3.8) is 0 Å². The molecule has 5 rings (SSSR count). The summed E-state index contributed by atoms with van der Waals surface area (Å²) in [7, 11) is 2.05. The molecular formula is C28H28N6. The lowest BCUT2D eigenvalue weighted by Gasteiger charge is -2.28. The number of aliphatic imine (C=N–C) groups is 1. The minimum absolute atomic E-state index is 0.208. The Hall–Kier alpha value is -4.16. The zero-order valence-electron chi connectivity index (χ0n) is 19.4. The lowest BCUT2D eigenvalue weighted by Crippen LogP contribution is -2.39. The summed E-state index contributed by atoms with van der Waals surface area (Å²) in [5, 5.41) is 5.56. The van der Waals surface area contributed by atoms with Crippen LogP contribution in [-0.2, 0) is 6.54 Å². The fourth-order valence-corrected chi connectivity index (χ4v) is 4.06. The fourth-order valence-electron chi connectivity index (χ4n) is 4.06. The van der Waals surface area contributed by atoms with E-state index in [-0.39, 0.29) is 6.04 Å². The molecule has 2 aliphatic rings. The molecule has 0 saturated heterocycles. The zero-order chi connectivity index (χ0) is 23.5. The van der Waals surface area contributed by atoms with E-state index < -0.39 is 0 Å². The summed E-state index contributed by atoms with van der Waals surface area (Å²) >= 11 is 0. The molecule has 3 aromatic rings. The average molecular weight is 449 g/mol. The highest BCUT2D eigenvalue weighted by atomic mass is 15.6. The quantitative estimate of drug-likeness (QED) is 0.533. The molecule has 3 heterocycles. The molecule has 34 heavy (non-hydrogen) atoms. The van der Waals surface area contributed by atoms with Crippen molar-refractivity contribution in [3.8, 4) is 0 Å². The third-order valence-corrected chi connectivity index (χ3v) is 5.87. The highest BCUT2D eigenvalue weighted by Gasteiger charge is 2.27. The molecular weight excluding hydrogens is 420 g/mol. The molecule has 0 aliphatic carbocycles. The van der Waals surface area contributed by atoms with E-state index in [1.54, 1.807) is 6.20 Å². The first-order chi connectivity index (χ1) is 16.6. The van der Waals surface area contributed by atoms with Crippen LogP contribution in [0.15, 0.2) is 114 Å². The number of aromatic nitrogens is 1. The molecule has 1 aromatic heterocycles. The first-order valence-corrected chi connectivity index (χ1v) is 11.4. The van der Waals surface area contributed by atoms with Crippen LogP contribution in [0.4, 0.5) is 5.69 Å². The van der Waals surface area contributed by atoms with E-state index >= 15 is 0 Å². The fraction of sp³-hybridized carbons (Fsp3) is 0.143. The predicted molar refractivity (Wildman–Crippen MR) is 138 cm³/mol. The summed E-state index contributed by atoms with van der Waals surface area (Å²) in [6.07, 6.45) is 7.88. The summed E-state index contributed by atoms with van der Waals surface area (Å²) in [5.41, 5.74) is 9.65. The van der Waals surface area contributed by atoms with Gasteiger partial charge in [-0.3, -0.25) is 4.98 Å². The minimum atomic E-state index is 0.208. The van der Waals surface area contributed by atoms with Crippen LogP contribution in [0, 0.1) is 0 Å². The van der Waals surface area contributed by atoms with Crippen molar-refractivity contribution < 1.29 is 0 Å². The maximum atomic E-state index is 4.85. The van der Waals surface area contributed by atoms with Crippen molar-refractivity contribution in [2.24, 2.45) is 4.99 Å². The summed E-state index contributed by atoms with van der Waals surface area (Å²) in [6.45, 7) is 7.17. The Morgan fingerprint density at radius 2 is 1.88 bits per heavy atom. The third kappa shape index (κ3) is 4.63. The van der Waals surface area contributed by atoms with E-state index in [0.29, 0.717) is 0 Å². The predicted octanol–water partition coefficient (Wildman–Crippen LogP) is 4.99. The molecule has 0 radical (unpaired) electrons. The average Bonchev–Trinajstić information content (AvgIpc) is 3.25. The topological polar surface area (TPSA) is 55.8 Å². The van der Waals surface area contributed by atoms with Gasteiger partial charge in [-0.15, -0.1) is 0 Å². The maximum Gasteiger partial charge on any atom is 0.147 e. The number of nitrogens with zero attached hydrogens (tertiary/aromatic N) is 4. The molecule has 1 unspecified atom stereocenters. The molecule has 6 nitrogen and oxygen atoms in total. The van der Waals surface area contributed by atoms with E-state index in [4.69, 9.17) is 4.99 Å². The van der Waals surface area contributed by atoms with Crippen molar-refractivity contribution in [1.29, 1.82) is 0 Å². The van der Waals surface area contributed by atoms with Crippen LogP contribution in [0.2, 0.25) is 0 Å². The van der Waals surface area contributed by atoms with Crippen molar-refractivity contribution in [2.75, 3.05) is 12.4 Å². The molecule has 0 saturated carbocycles. The Bertz CT molecular complexity index is 1260. The maximum absolute atomic E-state index is 4.85. The summed E-state index contributed by atoms with van der Waals surface area (Å²) in [6, 6.07) is 22.8. The van der Waals surface area contributed by atoms with Gasteiger partial charge in [0.2, 0.25) is 0 Å². The largest absolute Gasteiger partial charge is 0.370 e. The summed E-state index contributed by atoms with van der Waals surface area (Å²) in [5.74, 6) is 1.84. The number of rotatable bonds is 7. The Morgan fingerprint density at radius 3 is 2.62 bits per heavy atom. The summed E-state index contributed by atoms with van der Waals surface area (Å²) in [4.78, 5) is 11.2. The van der Waals surface area contributed by atoms with Gasteiger partial charge in [-0.1, -0.05) is 55.1 Å². The van der Waals surface area contributed by atoms with E-state index in [1.807, 2.05) is 42.5 Å². The second kappa shape index (κ2) is 9.37. The van der Waals surface area contributed by atoms with E-state index in [0.717, 1.165) is 52.0 Å². The van der Waals surface area contributed by atoms with Crippen LogP contribution in [-0.4, -0.2) is 33.7 Å². The van der Waals surface area contributed by atoms with Crippen LogP contribution in [0.1, 0.15) is 23.6 Å². The molecule has 170 valence electrons. The molecule has 1 atom stereocenters. The zero-order valence-corrected chi connectivity index (χ0v) is 19.4. The van der Waals surface area contributed by atoms with Gasteiger partial charge >= 0.3 is 0 Å². The number of fused-ring (bicyclic) bond motifs is 1. The third-order valence-electron chi connectivity index (χ3n) is 5.87. The van der Waals surface area contributed by atoms with E-state index in [1.165, 1.54) is 0 Å². The monoisotopic (exact) mass is 448 g/mol. The number of hydrogen-bond donors (Lipinski definition) is 2. The number of nitrogens with one attached hydrogen (secondary N) is 2. The normalized spacial score (nSPS) is 16.8. The molecule has 2 aromatic carbocycles. The van der Waals surface area contributed by atoms with Gasteiger partial charge in [0.05, 0.1) is 5.71 Å². The van der Waals surface area contributed by atoms with Gasteiger partial charge in [-0.25, -0.2) is 15.4 Å². The van der Waals surface area contributed by atoms with Gasteiger partial charge in [-0.05, 0) is 42.3 Å². The Labute approximate surface area is 200 Å². The van der Waals surface area contributed by atoms with Gasteiger partial charge in [0, 0.05) is 55.1 Å². The van der Waals surface area contributed by atoms with Gasteiger partial charge in [-0.2, -0.15) is 0 Å². The molecule has 0 fully saturated rings. The number of benzene rings is 2. The number of allylic oxidation sites excluding steroid dienone is 1. The van der Waals surface area contributed by atoms with Gasteiger partial charge < -0.3 is 10.2 Å². The smallest absolute Gasteiger partial charge is 0.147 e. The second-order valence-corrected chi connectivity index (χ2v) is 8.54. The standard InChI is InChI=1S/C28H28N6/c1-20-16-27-31-26(24-9-5-4-6-10-24)17-28(34(27)32-20)30-25-13-11-23(12-14-25)21(2)33(3)19-22-8-7-15-29-18-22/h4-18,20,30,32H,2,19H2,1,3H3. The van der Waals surface area contributed by atoms with E-state index in [2.05, 4.69) is 88.7 Å². The van der Waals surface area contributed by atoms with Crippen molar-refractivity contribution in [1.82, 2.24) is 20.3 Å². The first kappa shape index (κ1) is 21.7. The second-order valence-electron chi connectivity index (χ2n) is 8.54. The minimum Gasteiger partial charge on any atom is -0.370 e.